The molecule has 0 amide bonds. The minimum atomic E-state index is -3.03. The molecule has 0 aromatic heterocycles. The second-order valence-electron chi connectivity index (χ2n) is 12.9. The van der Waals surface area contributed by atoms with Crippen molar-refractivity contribution in [1.29, 1.82) is 0 Å². The van der Waals surface area contributed by atoms with Crippen LogP contribution in [0.3, 0.4) is 0 Å². The van der Waals surface area contributed by atoms with Crippen molar-refractivity contribution >= 4 is 40.0 Å². The summed E-state index contributed by atoms with van der Waals surface area (Å²) in [7, 11) is 0. The van der Waals surface area contributed by atoms with E-state index in [1.54, 1.807) is 19.6 Å². The zero-order chi connectivity index (χ0) is 25.0. The molecule has 3 aromatic rings. The quantitative estimate of drug-likeness (QED) is 0.190. The van der Waals surface area contributed by atoms with E-state index < -0.39 is 25.8 Å². The van der Waals surface area contributed by atoms with Gasteiger partial charge in [-0.1, -0.05) is 0 Å². The van der Waals surface area contributed by atoms with Crippen LogP contribution in [0.1, 0.15) is 70.2 Å². The Labute approximate surface area is 243 Å². The largest absolute Gasteiger partial charge is 0.147 e. The normalized spacial score (nSPS) is 16.0. The predicted octanol–water partition coefficient (Wildman–Crippen LogP) is 7.78. The van der Waals surface area contributed by atoms with Gasteiger partial charge in [0.1, 0.15) is 0 Å². The van der Waals surface area contributed by atoms with Crippen LogP contribution in [-0.4, -0.2) is 6.71 Å². The monoisotopic (exact) mass is 716 g/mol. The maximum Gasteiger partial charge on any atom is -0.147 e. The van der Waals surface area contributed by atoms with Crippen LogP contribution in [0.4, 0.5) is 0 Å². The Bertz CT molecular complexity index is 1340. The Kier molecular flexibility index (Phi) is 9.12. The number of hydrogen-bond donors (Lipinski definition) is 0. The van der Waals surface area contributed by atoms with Crippen LogP contribution in [0.25, 0.3) is 11.1 Å². The van der Waals surface area contributed by atoms with Crippen LogP contribution in [0.15, 0.2) is 82.2 Å². The third-order valence-electron chi connectivity index (χ3n) is 8.22. The summed E-state index contributed by atoms with van der Waals surface area (Å²) in [6, 6.07) is 23.8. The molecule has 0 spiro atoms. The molecular formula is C33H42Cl2HfSi. The standard InChI is InChI=1S/C21H25.C6H7Si.C5H5.CH3.2ClH.Hf/c1-20(2,3)15-11-10-14-12-18-16(17(14)13-15)8-7-9-19(18)21(4,5)6;7-6-4-2-1-3-5-6;1-2-4-5-3-1;;;;/h7-9,11,13H,12H2,1-6H3;1-5H,7H2;1-3H,4H2;1H3;2*1H;. The summed E-state index contributed by atoms with van der Waals surface area (Å²) in [5.41, 5.74) is 9.62. The summed E-state index contributed by atoms with van der Waals surface area (Å²) in [5, 5.41) is 1.64. The molecule has 196 valence electrons. The van der Waals surface area contributed by atoms with Gasteiger partial charge >= 0.3 is 220 Å². The van der Waals surface area contributed by atoms with E-state index >= 15 is 0 Å². The van der Waals surface area contributed by atoms with Gasteiger partial charge in [0.2, 0.25) is 0 Å². The Morgan fingerprint density at radius 3 is 2.05 bits per heavy atom. The summed E-state index contributed by atoms with van der Waals surface area (Å²) in [5.74, 6) is 0. The Hall–Kier alpha value is -1.19. The molecule has 5 rings (SSSR count). The van der Waals surface area contributed by atoms with Crippen LogP contribution in [0.5, 0.6) is 0 Å². The van der Waals surface area contributed by atoms with E-state index in [4.69, 9.17) is 0 Å². The van der Waals surface area contributed by atoms with Gasteiger partial charge in [-0.2, -0.15) is 0 Å². The second-order valence-corrected chi connectivity index (χ2v) is 43.2. The Balaban J connectivity index is 0.00000190. The molecule has 0 N–H and O–H groups in total. The Morgan fingerprint density at radius 1 is 0.757 bits per heavy atom. The van der Waals surface area contributed by atoms with E-state index in [9.17, 15) is 0 Å². The minimum absolute atomic E-state index is 0. The average Bonchev–Trinajstić information content (AvgIpc) is 3.46. The van der Waals surface area contributed by atoms with E-state index in [-0.39, 0.29) is 35.6 Å². The molecule has 0 heterocycles. The molecule has 4 heteroatoms. The minimum Gasteiger partial charge on any atom is -0.147 e. The van der Waals surface area contributed by atoms with Gasteiger partial charge in [0.15, 0.2) is 0 Å². The van der Waals surface area contributed by atoms with Crippen molar-refractivity contribution in [2.24, 2.45) is 0 Å². The SMILES string of the molecule is CC(C)(C)c1cc2c([c]([Hf]([CH3])([SiH2]c3ccccc3)[C]3=CC=CC3)c1)Cc1c-2cccc1C(C)(C)C.Cl.Cl. The molecule has 0 radical (unpaired) electrons. The van der Waals surface area contributed by atoms with Crippen molar-refractivity contribution in [3.8, 4) is 11.1 Å². The first kappa shape index (κ1) is 30.3. The number of benzene rings is 3. The third-order valence-corrected chi connectivity index (χ3v) is 41.0. The van der Waals surface area contributed by atoms with Crippen molar-refractivity contribution in [2.75, 3.05) is 0 Å². The third kappa shape index (κ3) is 5.74. The van der Waals surface area contributed by atoms with Crippen LogP contribution < -0.4 is 8.51 Å². The maximum atomic E-state index is 2.78. The molecule has 1 unspecified atom stereocenters. The average molecular weight is 716 g/mol. The molecule has 3 aromatic carbocycles. The molecule has 0 saturated carbocycles. The van der Waals surface area contributed by atoms with E-state index in [2.05, 4.69) is 125 Å². The number of allylic oxidation sites excluding steroid dienone is 4. The maximum absolute atomic E-state index is 3.03. The van der Waals surface area contributed by atoms with Gasteiger partial charge < -0.3 is 0 Å². The molecule has 0 aliphatic heterocycles. The molecule has 0 fully saturated rings. The molecule has 37 heavy (non-hydrogen) atoms. The van der Waals surface area contributed by atoms with Gasteiger partial charge in [0.05, 0.1) is 0 Å². The fourth-order valence-corrected chi connectivity index (χ4v) is 38.3. The van der Waals surface area contributed by atoms with Gasteiger partial charge in [0.25, 0.3) is 0 Å². The number of rotatable bonds is 4. The van der Waals surface area contributed by atoms with E-state index in [1.807, 2.05) is 3.33 Å². The van der Waals surface area contributed by atoms with Gasteiger partial charge in [-0.25, -0.2) is 0 Å². The van der Waals surface area contributed by atoms with E-state index in [0.717, 1.165) is 6.42 Å². The van der Waals surface area contributed by atoms with Crippen molar-refractivity contribution in [3.63, 3.8) is 0 Å². The van der Waals surface area contributed by atoms with E-state index in [0.29, 0.717) is 0 Å². The van der Waals surface area contributed by atoms with Crippen molar-refractivity contribution in [2.45, 2.75) is 69.9 Å². The van der Waals surface area contributed by atoms with Crippen molar-refractivity contribution in [1.82, 2.24) is 0 Å². The molecule has 0 nitrogen and oxygen atoms in total. The zero-order valence-corrected chi connectivity index (χ0v) is 30.1. The van der Waals surface area contributed by atoms with Gasteiger partial charge in [-0.15, -0.1) is 24.8 Å². The van der Waals surface area contributed by atoms with Crippen LogP contribution >= 0.6 is 24.8 Å². The predicted molar refractivity (Wildman–Crippen MR) is 169 cm³/mol. The molecular weight excluding hydrogens is 674 g/mol. The molecule has 0 bridgehead atoms. The summed E-state index contributed by atoms with van der Waals surface area (Å²) in [6.07, 6.45) is 9.51. The summed E-state index contributed by atoms with van der Waals surface area (Å²) >= 11 is -3.03. The fraction of sp³-hybridized carbons (Fsp3) is 0.333. The number of hydrogen-bond acceptors (Lipinski definition) is 0. The van der Waals surface area contributed by atoms with Gasteiger partial charge in [-0.3, -0.25) is 0 Å². The van der Waals surface area contributed by atoms with Crippen LogP contribution in [0, 0.1) is 0 Å². The molecule has 1 atom stereocenters. The van der Waals surface area contributed by atoms with Crippen molar-refractivity contribution < 1.29 is 19.1 Å². The summed E-state index contributed by atoms with van der Waals surface area (Å²) in [6.45, 7) is 13.9. The fourth-order valence-electron chi connectivity index (χ4n) is 6.18. The number of fused-ring (bicyclic) bond motifs is 3. The molecule has 2 aliphatic rings. The second kappa shape index (κ2) is 11.1. The zero-order valence-electron chi connectivity index (χ0n) is 23.4. The summed E-state index contributed by atoms with van der Waals surface area (Å²) < 4.78 is 6.40. The number of halogens is 2. The topological polar surface area (TPSA) is 0 Å². The first-order valence-electron chi connectivity index (χ1n) is 13.2. The van der Waals surface area contributed by atoms with E-state index in [1.165, 1.54) is 28.7 Å². The van der Waals surface area contributed by atoms with Gasteiger partial charge in [0, 0.05) is 0 Å². The summed E-state index contributed by atoms with van der Waals surface area (Å²) in [4.78, 5) is 0. The smallest absolute Gasteiger partial charge is 0.147 e. The van der Waals surface area contributed by atoms with Crippen LogP contribution in [0.2, 0.25) is 4.68 Å². The van der Waals surface area contributed by atoms with Gasteiger partial charge in [-0.05, 0) is 0 Å². The van der Waals surface area contributed by atoms with Crippen molar-refractivity contribution in [3.05, 3.63) is 104 Å². The Morgan fingerprint density at radius 2 is 1.46 bits per heavy atom. The molecule has 0 saturated heterocycles. The molecule has 2 aliphatic carbocycles. The van der Waals surface area contributed by atoms with Crippen LogP contribution in [-0.2, 0) is 36.4 Å². The first-order valence-corrected chi connectivity index (χ1v) is 29.4. The first-order chi connectivity index (χ1) is 16.5.